The van der Waals surface area contributed by atoms with Gasteiger partial charge in [-0.15, -0.1) is 0 Å². The van der Waals surface area contributed by atoms with Gasteiger partial charge in [-0.2, -0.15) is 0 Å². The van der Waals surface area contributed by atoms with Crippen LogP contribution in [0.5, 0.6) is 0 Å². The summed E-state index contributed by atoms with van der Waals surface area (Å²) < 4.78 is 0. The standard InChI is InChI=1S/C9H6Cl2O2.Na.H/c10-7-3-1-6(5-8(7)11)2-4-9(12)13;;/h1-5H,(H,12,13);;/q;+1;-1/b4-2+;;. The Kier molecular flexibility index (Phi) is 6.49. The number of carboxylic acid groups (broad SMARTS) is 1. The molecule has 2 nitrogen and oxygen atoms in total. The molecule has 0 heterocycles. The number of hydrogen-bond donors (Lipinski definition) is 1. The van der Waals surface area contributed by atoms with Crippen molar-refractivity contribution in [1.82, 2.24) is 0 Å². The summed E-state index contributed by atoms with van der Waals surface area (Å²) in [5.74, 6) is -0.994. The molecule has 1 aromatic carbocycles. The summed E-state index contributed by atoms with van der Waals surface area (Å²) >= 11 is 11.4. The molecule has 14 heavy (non-hydrogen) atoms. The van der Waals surface area contributed by atoms with Crippen LogP contribution in [0.1, 0.15) is 6.99 Å². The van der Waals surface area contributed by atoms with Gasteiger partial charge in [0.1, 0.15) is 0 Å². The molecule has 0 atom stereocenters. The van der Waals surface area contributed by atoms with Crippen molar-refractivity contribution in [2.24, 2.45) is 0 Å². The second kappa shape index (κ2) is 6.49. The predicted octanol–water partition coefficient (Wildman–Crippen LogP) is 0.208. The molecule has 0 saturated heterocycles. The Hall–Kier alpha value is 0.0100. The molecule has 0 aliphatic rings. The van der Waals surface area contributed by atoms with E-state index in [2.05, 4.69) is 0 Å². The molecule has 0 radical (unpaired) electrons. The van der Waals surface area contributed by atoms with E-state index in [1.165, 1.54) is 6.08 Å². The first kappa shape index (κ1) is 14.0. The molecule has 0 amide bonds. The van der Waals surface area contributed by atoms with Crippen molar-refractivity contribution in [2.45, 2.75) is 0 Å². The zero-order chi connectivity index (χ0) is 9.84. The largest absolute Gasteiger partial charge is 1.00 e. The third-order valence-electron chi connectivity index (χ3n) is 1.36. The van der Waals surface area contributed by atoms with Gasteiger partial charge in [0.05, 0.1) is 10.0 Å². The van der Waals surface area contributed by atoms with Crippen molar-refractivity contribution in [3.8, 4) is 0 Å². The first-order valence-electron chi connectivity index (χ1n) is 3.45. The third-order valence-corrected chi connectivity index (χ3v) is 2.10. The van der Waals surface area contributed by atoms with Gasteiger partial charge in [0.2, 0.25) is 0 Å². The fourth-order valence-corrected chi connectivity index (χ4v) is 1.09. The Bertz CT molecular complexity index is 369. The van der Waals surface area contributed by atoms with Gasteiger partial charge in [0, 0.05) is 6.08 Å². The van der Waals surface area contributed by atoms with Gasteiger partial charge in [0.15, 0.2) is 0 Å². The minimum absolute atomic E-state index is 0. The molecule has 0 saturated carbocycles. The Morgan fingerprint density at radius 1 is 1.36 bits per heavy atom. The van der Waals surface area contributed by atoms with E-state index in [-0.39, 0.29) is 31.0 Å². The van der Waals surface area contributed by atoms with Crippen LogP contribution >= 0.6 is 23.2 Å². The summed E-state index contributed by atoms with van der Waals surface area (Å²) in [5, 5.41) is 9.22. The molecule has 0 spiro atoms. The van der Waals surface area contributed by atoms with E-state index in [1.807, 2.05) is 0 Å². The first-order chi connectivity index (χ1) is 6.09. The summed E-state index contributed by atoms with van der Waals surface area (Å²) in [6.07, 6.45) is 2.49. The van der Waals surface area contributed by atoms with E-state index >= 15 is 0 Å². The van der Waals surface area contributed by atoms with Gasteiger partial charge in [-0.1, -0.05) is 29.3 Å². The SMILES string of the molecule is O=C(O)/C=C/c1ccc(Cl)c(Cl)c1.[H-].[Na+]. The number of carbonyl (C=O) groups is 1. The van der Waals surface area contributed by atoms with Crippen LogP contribution in [0.15, 0.2) is 24.3 Å². The third kappa shape index (κ3) is 4.49. The van der Waals surface area contributed by atoms with Crippen molar-refractivity contribution in [1.29, 1.82) is 0 Å². The monoisotopic (exact) mass is 240 g/mol. The van der Waals surface area contributed by atoms with Crippen molar-refractivity contribution >= 4 is 35.2 Å². The minimum atomic E-state index is -0.994. The number of aliphatic carboxylic acids is 1. The summed E-state index contributed by atoms with van der Waals surface area (Å²) in [5.41, 5.74) is 0.705. The van der Waals surface area contributed by atoms with Gasteiger partial charge >= 0.3 is 35.5 Å². The zero-order valence-electron chi connectivity index (χ0n) is 8.50. The Morgan fingerprint density at radius 3 is 2.50 bits per heavy atom. The summed E-state index contributed by atoms with van der Waals surface area (Å²) in [6.45, 7) is 0. The van der Waals surface area contributed by atoms with Crippen LogP contribution < -0.4 is 29.6 Å². The molecule has 5 heteroatoms. The molecule has 1 N–H and O–H groups in total. The summed E-state index contributed by atoms with van der Waals surface area (Å²) in [4.78, 5) is 10.2. The Morgan fingerprint density at radius 2 is 2.00 bits per heavy atom. The fraction of sp³-hybridized carbons (Fsp3) is 0. The molecule has 0 aromatic heterocycles. The Balaban J connectivity index is 0. The molecule has 70 valence electrons. The molecule has 0 unspecified atom stereocenters. The quantitative estimate of drug-likeness (QED) is 0.593. The van der Waals surface area contributed by atoms with Gasteiger partial charge in [0.25, 0.3) is 0 Å². The first-order valence-corrected chi connectivity index (χ1v) is 4.21. The Labute approximate surface area is 115 Å². The van der Waals surface area contributed by atoms with Crippen molar-refractivity contribution in [3.05, 3.63) is 39.9 Å². The second-order valence-corrected chi connectivity index (χ2v) is 3.16. The molecule has 0 aliphatic heterocycles. The fourth-order valence-electron chi connectivity index (χ4n) is 0.784. The number of halogens is 2. The zero-order valence-corrected chi connectivity index (χ0v) is 11.0. The number of benzene rings is 1. The van der Waals surface area contributed by atoms with E-state index in [4.69, 9.17) is 28.3 Å². The maximum Gasteiger partial charge on any atom is 1.00 e. The molecular formula is C9H7Cl2NaO2. The van der Waals surface area contributed by atoms with E-state index < -0.39 is 5.97 Å². The van der Waals surface area contributed by atoms with Crippen LogP contribution in [0.4, 0.5) is 0 Å². The van der Waals surface area contributed by atoms with E-state index in [1.54, 1.807) is 18.2 Å². The average Bonchev–Trinajstić information content (AvgIpc) is 2.07. The van der Waals surface area contributed by atoms with Gasteiger partial charge in [-0.05, 0) is 23.8 Å². The number of rotatable bonds is 2. The number of carboxylic acids is 1. The van der Waals surface area contributed by atoms with E-state index in [0.717, 1.165) is 6.08 Å². The minimum Gasteiger partial charge on any atom is -1.00 e. The number of hydrogen-bond acceptors (Lipinski definition) is 1. The topological polar surface area (TPSA) is 37.3 Å². The van der Waals surface area contributed by atoms with Gasteiger partial charge in [-0.25, -0.2) is 4.79 Å². The van der Waals surface area contributed by atoms with Crippen LogP contribution in [0.25, 0.3) is 6.08 Å². The maximum absolute atomic E-state index is 10.2. The average molecular weight is 241 g/mol. The molecule has 1 rings (SSSR count). The van der Waals surface area contributed by atoms with Crippen LogP contribution in [0.2, 0.25) is 10.0 Å². The van der Waals surface area contributed by atoms with Crippen molar-refractivity contribution in [3.63, 3.8) is 0 Å². The summed E-state index contributed by atoms with van der Waals surface area (Å²) in [7, 11) is 0. The summed E-state index contributed by atoms with van der Waals surface area (Å²) in [6, 6.07) is 4.91. The molecular weight excluding hydrogens is 234 g/mol. The van der Waals surface area contributed by atoms with Crippen LogP contribution in [0.3, 0.4) is 0 Å². The molecule has 1 aromatic rings. The van der Waals surface area contributed by atoms with Crippen molar-refractivity contribution < 1.29 is 40.9 Å². The predicted molar refractivity (Wildman–Crippen MR) is 54.2 cm³/mol. The molecule has 0 bridgehead atoms. The van der Waals surface area contributed by atoms with Crippen LogP contribution in [-0.2, 0) is 4.79 Å². The van der Waals surface area contributed by atoms with Crippen LogP contribution in [0, 0.1) is 0 Å². The maximum atomic E-state index is 10.2. The van der Waals surface area contributed by atoms with Crippen molar-refractivity contribution in [2.75, 3.05) is 0 Å². The normalized spacial score (nSPS) is 9.86. The molecule has 0 fully saturated rings. The smallest absolute Gasteiger partial charge is 1.00 e. The second-order valence-electron chi connectivity index (χ2n) is 2.35. The van der Waals surface area contributed by atoms with Gasteiger partial charge < -0.3 is 6.53 Å². The van der Waals surface area contributed by atoms with Crippen LogP contribution in [-0.4, -0.2) is 11.1 Å². The molecule has 0 aliphatic carbocycles. The van der Waals surface area contributed by atoms with Gasteiger partial charge in [-0.3, -0.25) is 0 Å². The van der Waals surface area contributed by atoms with E-state index in [9.17, 15) is 4.79 Å². The van der Waals surface area contributed by atoms with E-state index in [0.29, 0.717) is 15.6 Å².